The van der Waals surface area contributed by atoms with Crippen LogP contribution in [0.1, 0.15) is 20.8 Å². The van der Waals surface area contributed by atoms with E-state index < -0.39 is 23.5 Å². The summed E-state index contributed by atoms with van der Waals surface area (Å²) < 4.78 is 26.2. The molecule has 0 saturated heterocycles. The smallest absolute Gasteiger partial charge is 0.338 e. The second-order valence-corrected chi connectivity index (χ2v) is 5.62. The molecule has 0 fully saturated rings. The SMILES string of the molecule is Cc1cc(C(=O)O)c(NC(=O)Cc2ccc(F)cc2F)s1. The minimum Gasteiger partial charge on any atom is -0.478 e. The first kappa shape index (κ1) is 15.1. The van der Waals surface area contributed by atoms with Crippen LogP contribution in [0.25, 0.3) is 0 Å². The second kappa shape index (κ2) is 6.01. The van der Waals surface area contributed by atoms with Gasteiger partial charge < -0.3 is 10.4 Å². The van der Waals surface area contributed by atoms with Crippen molar-refractivity contribution in [2.45, 2.75) is 13.3 Å². The van der Waals surface area contributed by atoms with E-state index in [4.69, 9.17) is 5.11 Å². The van der Waals surface area contributed by atoms with Gasteiger partial charge in [0.25, 0.3) is 0 Å². The van der Waals surface area contributed by atoms with E-state index in [1.165, 1.54) is 12.1 Å². The zero-order valence-electron chi connectivity index (χ0n) is 10.9. The Labute approximate surface area is 123 Å². The molecule has 1 heterocycles. The third-order valence-corrected chi connectivity index (χ3v) is 3.67. The number of nitrogens with one attached hydrogen (secondary N) is 1. The molecule has 21 heavy (non-hydrogen) atoms. The van der Waals surface area contributed by atoms with Crippen LogP contribution in [0.15, 0.2) is 24.3 Å². The Balaban J connectivity index is 2.13. The maximum atomic E-state index is 13.4. The van der Waals surface area contributed by atoms with Crippen LogP contribution >= 0.6 is 11.3 Å². The van der Waals surface area contributed by atoms with Crippen molar-refractivity contribution in [1.82, 2.24) is 0 Å². The van der Waals surface area contributed by atoms with Crippen molar-refractivity contribution in [3.05, 3.63) is 51.9 Å². The molecule has 7 heteroatoms. The van der Waals surface area contributed by atoms with Gasteiger partial charge in [0, 0.05) is 10.9 Å². The van der Waals surface area contributed by atoms with E-state index in [2.05, 4.69) is 5.32 Å². The molecule has 4 nitrogen and oxygen atoms in total. The van der Waals surface area contributed by atoms with Gasteiger partial charge in [-0.2, -0.15) is 0 Å². The Morgan fingerprint density at radius 2 is 2.00 bits per heavy atom. The summed E-state index contributed by atoms with van der Waals surface area (Å²) in [5.74, 6) is -3.25. The number of anilines is 1. The normalized spacial score (nSPS) is 10.4. The minimum absolute atomic E-state index is 0.00886. The van der Waals surface area contributed by atoms with E-state index >= 15 is 0 Å². The van der Waals surface area contributed by atoms with Crippen molar-refractivity contribution in [1.29, 1.82) is 0 Å². The molecule has 0 unspecified atom stereocenters. The number of hydrogen-bond donors (Lipinski definition) is 2. The fourth-order valence-electron chi connectivity index (χ4n) is 1.77. The number of hydrogen-bond acceptors (Lipinski definition) is 3. The van der Waals surface area contributed by atoms with E-state index in [0.717, 1.165) is 22.3 Å². The molecule has 1 aromatic carbocycles. The van der Waals surface area contributed by atoms with Crippen molar-refractivity contribution in [3.8, 4) is 0 Å². The van der Waals surface area contributed by atoms with Crippen LogP contribution < -0.4 is 5.32 Å². The van der Waals surface area contributed by atoms with Crippen molar-refractivity contribution >= 4 is 28.2 Å². The number of rotatable bonds is 4. The van der Waals surface area contributed by atoms with Gasteiger partial charge in [-0.25, -0.2) is 13.6 Å². The highest BCUT2D eigenvalue weighted by atomic mass is 32.1. The molecule has 2 aromatic rings. The first-order chi connectivity index (χ1) is 9.86. The van der Waals surface area contributed by atoms with Gasteiger partial charge in [0.15, 0.2) is 0 Å². The number of aryl methyl sites for hydroxylation is 1. The van der Waals surface area contributed by atoms with Crippen LogP contribution in [0.3, 0.4) is 0 Å². The van der Waals surface area contributed by atoms with Gasteiger partial charge >= 0.3 is 5.97 Å². The summed E-state index contributed by atoms with van der Waals surface area (Å²) in [5, 5.41) is 11.7. The fourth-order valence-corrected chi connectivity index (χ4v) is 2.69. The Morgan fingerprint density at radius 1 is 1.29 bits per heavy atom. The summed E-state index contributed by atoms with van der Waals surface area (Å²) >= 11 is 1.12. The van der Waals surface area contributed by atoms with Gasteiger partial charge in [0.2, 0.25) is 5.91 Å². The van der Waals surface area contributed by atoms with Crippen molar-refractivity contribution in [2.24, 2.45) is 0 Å². The van der Waals surface area contributed by atoms with E-state index in [1.807, 2.05) is 0 Å². The van der Waals surface area contributed by atoms with Crippen LogP contribution in [0.5, 0.6) is 0 Å². The molecule has 0 aliphatic carbocycles. The van der Waals surface area contributed by atoms with Gasteiger partial charge in [0.1, 0.15) is 16.6 Å². The van der Waals surface area contributed by atoms with E-state index in [1.54, 1.807) is 6.92 Å². The van der Waals surface area contributed by atoms with Crippen molar-refractivity contribution in [2.75, 3.05) is 5.32 Å². The quantitative estimate of drug-likeness (QED) is 0.911. The fraction of sp³-hybridized carbons (Fsp3) is 0.143. The van der Waals surface area contributed by atoms with Gasteiger partial charge in [-0.05, 0) is 24.6 Å². The first-order valence-corrected chi connectivity index (χ1v) is 6.76. The number of thiophene rings is 1. The van der Waals surface area contributed by atoms with E-state index in [-0.39, 0.29) is 22.5 Å². The van der Waals surface area contributed by atoms with Gasteiger partial charge in [-0.15, -0.1) is 11.3 Å². The Kier molecular flexibility index (Phi) is 4.32. The summed E-state index contributed by atoms with van der Waals surface area (Å²) in [6.07, 6.45) is -0.303. The Morgan fingerprint density at radius 3 is 2.62 bits per heavy atom. The zero-order chi connectivity index (χ0) is 15.6. The first-order valence-electron chi connectivity index (χ1n) is 5.94. The molecule has 1 aromatic heterocycles. The summed E-state index contributed by atoms with van der Waals surface area (Å²) in [7, 11) is 0. The average Bonchev–Trinajstić information content (AvgIpc) is 2.74. The Bertz CT molecular complexity index is 712. The zero-order valence-corrected chi connectivity index (χ0v) is 11.8. The topological polar surface area (TPSA) is 66.4 Å². The predicted molar refractivity (Wildman–Crippen MR) is 74.7 cm³/mol. The van der Waals surface area contributed by atoms with Crippen molar-refractivity contribution in [3.63, 3.8) is 0 Å². The highest BCUT2D eigenvalue weighted by Crippen LogP contribution is 2.27. The number of carbonyl (C=O) groups excluding carboxylic acids is 1. The number of halogens is 2. The lowest BCUT2D eigenvalue weighted by molar-refractivity contribution is -0.115. The summed E-state index contributed by atoms with van der Waals surface area (Å²) in [6.45, 7) is 1.71. The van der Waals surface area contributed by atoms with Crippen molar-refractivity contribution < 1.29 is 23.5 Å². The van der Waals surface area contributed by atoms with Gasteiger partial charge in [-0.3, -0.25) is 4.79 Å². The maximum absolute atomic E-state index is 13.4. The number of amides is 1. The largest absolute Gasteiger partial charge is 0.478 e. The standard InChI is InChI=1S/C14H11F2NO3S/c1-7-4-10(14(19)20)13(21-7)17-12(18)5-8-2-3-9(15)6-11(8)16/h2-4,6H,5H2,1H3,(H,17,18)(H,19,20). The summed E-state index contributed by atoms with van der Waals surface area (Å²) in [5.41, 5.74) is 0.0319. The highest BCUT2D eigenvalue weighted by Gasteiger charge is 2.17. The van der Waals surface area contributed by atoms with E-state index in [0.29, 0.717) is 6.07 Å². The minimum atomic E-state index is -1.15. The maximum Gasteiger partial charge on any atom is 0.338 e. The third kappa shape index (κ3) is 3.63. The Hall–Kier alpha value is -2.28. The molecule has 0 atom stereocenters. The number of carboxylic acids is 1. The lowest BCUT2D eigenvalue weighted by atomic mass is 10.1. The molecule has 0 aliphatic rings. The lowest BCUT2D eigenvalue weighted by Gasteiger charge is -2.05. The molecule has 2 rings (SSSR count). The van der Waals surface area contributed by atoms with E-state index in [9.17, 15) is 18.4 Å². The molecular formula is C14H11F2NO3S. The monoisotopic (exact) mass is 311 g/mol. The number of carbonyl (C=O) groups is 2. The molecular weight excluding hydrogens is 300 g/mol. The van der Waals surface area contributed by atoms with Gasteiger partial charge in [-0.1, -0.05) is 6.07 Å². The molecule has 1 amide bonds. The lowest BCUT2D eigenvalue weighted by Crippen LogP contribution is -2.16. The molecule has 110 valence electrons. The average molecular weight is 311 g/mol. The van der Waals surface area contributed by atoms with Gasteiger partial charge in [0.05, 0.1) is 12.0 Å². The second-order valence-electron chi connectivity index (χ2n) is 4.37. The molecule has 0 radical (unpaired) electrons. The predicted octanol–water partition coefficient (Wildman–Crippen LogP) is 3.21. The third-order valence-electron chi connectivity index (χ3n) is 2.70. The summed E-state index contributed by atoms with van der Waals surface area (Å²) in [4.78, 5) is 23.6. The summed E-state index contributed by atoms with van der Waals surface area (Å²) in [6, 6.07) is 4.38. The number of benzene rings is 1. The van der Waals surface area contributed by atoms with Crippen LogP contribution in [0.2, 0.25) is 0 Å². The van der Waals surface area contributed by atoms with Crippen LogP contribution in [0.4, 0.5) is 13.8 Å². The van der Waals surface area contributed by atoms with Crippen LogP contribution in [-0.4, -0.2) is 17.0 Å². The molecule has 0 saturated carbocycles. The van der Waals surface area contributed by atoms with Crippen LogP contribution in [-0.2, 0) is 11.2 Å². The molecule has 0 spiro atoms. The number of carboxylic acid groups (broad SMARTS) is 1. The van der Waals surface area contributed by atoms with Crippen LogP contribution in [0, 0.1) is 18.6 Å². The number of aromatic carboxylic acids is 1. The molecule has 0 aliphatic heterocycles. The highest BCUT2D eigenvalue weighted by molar-refractivity contribution is 7.16. The molecule has 0 bridgehead atoms. The molecule has 2 N–H and O–H groups in total.